The largest absolute Gasteiger partial charge is 0.306 e. The molecule has 114 valence electrons. The van der Waals surface area contributed by atoms with Crippen molar-refractivity contribution in [1.82, 2.24) is 5.32 Å². The number of hydrogen-bond acceptors (Lipinski definition) is 2. The lowest BCUT2D eigenvalue weighted by molar-refractivity contribution is 0.532. The van der Waals surface area contributed by atoms with Crippen molar-refractivity contribution in [3.05, 3.63) is 56.8 Å². The van der Waals surface area contributed by atoms with Crippen LogP contribution >= 0.6 is 11.3 Å². The molecule has 0 saturated heterocycles. The average molecular weight is 309 g/mol. The predicted molar refractivity (Wildman–Crippen MR) is 84.9 cm³/mol. The normalized spacial score (nSPS) is 12.6. The van der Waals surface area contributed by atoms with Gasteiger partial charge in [-0.05, 0) is 54.9 Å². The molecule has 4 heteroatoms. The summed E-state index contributed by atoms with van der Waals surface area (Å²) >= 11 is 1.62. The molecule has 0 amide bonds. The Labute approximate surface area is 129 Å². The molecule has 1 aromatic heterocycles. The molecule has 0 fully saturated rings. The van der Waals surface area contributed by atoms with Gasteiger partial charge < -0.3 is 5.32 Å². The molecular weight excluding hydrogens is 288 g/mol. The first-order chi connectivity index (χ1) is 10.1. The van der Waals surface area contributed by atoms with Crippen LogP contribution in [0.1, 0.15) is 47.9 Å². The molecule has 1 unspecified atom stereocenters. The number of thiophene rings is 1. The quantitative estimate of drug-likeness (QED) is 0.793. The zero-order chi connectivity index (χ0) is 15.4. The SMILES string of the molecule is CCCNC(c1cc(C)c(F)cc1F)c1sccc1CC. The van der Waals surface area contributed by atoms with Gasteiger partial charge in [0, 0.05) is 16.5 Å². The van der Waals surface area contributed by atoms with Crippen LogP contribution in [-0.2, 0) is 6.42 Å². The fourth-order valence-electron chi connectivity index (χ4n) is 2.43. The number of benzene rings is 1. The van der Waals surface area contributed by atoms with Crippen molar-refractivity contribution in [3.63, 3.8) is 0 Å². The lowest BCUT2D eigenvalue weighted by Gasteiger charge is -2.21. The summed E-state index contributed by atoms with van der Waals surface area (Å²) in [5.41, 5.74) is 2.22. The summed E-state index contributed by atoms with van der Waals surface area (Å²) in [7, 11) is 0. The Morgan fingerprint density at radius 2 is 1.95 bits per heavy atom. The maximum Gasteiger partial charge on any atom is 0.131 e. The van der Waals surface area contributed by atoms with E-state index in [0.717, 1.165) is 30.3 Å². The third kappa shape index (κ3) is 3.50. The maximum absolute atomic E-state index is 14.3. The average Bonchev–Trinajstić information content (AvgIpc) is 2.93. The minimum Gasteiger partial charge on any atom is -0.306 e. The minimum atomic E-state index is -0.493. The van der Waals surface area contributed by atoms with Crippen LogP contribution < -0.4 is 5.32 Å². The summed E-state index contributed by atoms with van der Waals surface area (Å²) in [4.78, 5) is 1.12. The standard InChI is InChI=1S/C17H21F2NS/c1-4-7-20-16(17-12(5-2)6-8-21-17)13-9-11(3)14(18)10-15(13)19/h6,8-10,16,20H,4-5,7H2,1-3H3. The zero-order valence-corrected chi connectivity index (χ0v) is 13.5. The molecule has 0 spiro atoms. The van der Waals surface area contributed by atoms with Crippen molar-refractivity contribution < 1.29 is 8.78 Å². The third-order valence-electron chi connectivity index (χ3n) is 3.61. The van der Waals surface area contributed by atoms with E-state index in [1.165, 1.54) is 5.56 Å². The number of aryl methyl sites for hydroxylation is 2. The Morgan fingerprint density at radius 3 is 2.62 bits per heavy atom. The second-order valence-electron chi connectivity index (χ2n) is 5.17. The van der Waals surface area contributed by atoms with Crippen LogP contribution in [-0.4, -0.2) is 6.54 Å². The van der Waals surface area contributed by atoms with E-state index in [1.807, 2.05) is 5.38 Å². The number of hydrogen-bond donors (Lipinski definition) is 1. The zero-order valence-electron chi connectivity index (χ0n) is 12.7. The Kier molecular flexibility index (Phi) is 5.48. The number of rotatable bonds is 6. The monoisotopic (exact) mass is 309 g/mol. The van der Waals surface area contributed by atoms with E-state index in [0.29, 0.717) is 11.1 Å². The Balaban J connectivity index is 2.48. The van der Waals surface area contributed by atoms with E-state index < -0.39 is 11.6 Å². The summed E-state index contributed by atoms with van der Waals surface area (Å²) in [6, 6.07) is 4.48. The van der Waals surface area contributed by atoms with Gasteiger partial charge in [0.15, 0.2) is 0 Å². The summed E-state index contributed by atoms with van der Waals surface area (Å²) in [6.07, 6.45) is 1.87. The lowest BCUT2D eigenvalue weighted by atomic mass is 9.98. The van der Waals surface area contributed by atoms with Gasteiger partial charge in [-0.1, -0.05) is 13.8 Å². The minimum absolute atomic E-state index is 0.209. The molecule has 2 rings (SSSR count). The molecule has 0 bridgehead atoms. The molecule has 21 heavy (non-hydrogen) atoms. The van der Waals surface area contributed by atoms with Crippen LogP contribution in [0.3, 0.4) is 0 Å². The topological polar surface area (TPSA) is 12.0 Å². The van der Waals surface area contributed by atoms with E-state index in [4.69, 9.17) is 0 Å². The summed E-state index contributed by atoms with van der Waals surface area (Å²) in [6.45, 7) is 6.63. The van der Waals surface area contributed by atoms with Gasteiger partial charge >= 0.3 is 0 Å². The highest BCUT2D eigenvalue weighted by Gasteiger charge is 2.22. The van der Waals surface area contributed by atoms with Gasteiger partial charge in [-0.25, -0.2) is 8.78 Å². The molecule has 0 aliphatic rings. The fraction of sp³-hybridized carbons (Fsp3) is 0.412. The van der Waals surface area contributed by atoms with Gasteiger partial charge in [0.25, 0.3) is 0 Å². The van der Waals surface area contributed by atoms with Crippen LogP contribution in [0.15, 0.2) is 23.6 Å². The van der Waals surface area contributed by atoms with E-state index in [9.17, 15) is 8.78 Å². The molecular formula is C17H21F2NS. The molecule has 1 N–H and O–H groups in total. The molecule has 1 nitrogen and oxygen atoms in total. The van der Waals surface area contributed by atoms with Crippen LogP contribution in [0.2, 0.25) is 0 Å². The first-order valence-corrected chi connectivity index (χ1v) is 8.21. The molecule has 0 aliphatic carbocycles. The molecule has 0 aliphatic heterocycles. The lowest BCUT2D eigenvalue weighted by Crippen LogP contribution is -2.24. The second kappa shape index (κ2) is 7.14. The number of halogens is 2. The first kappa shape index (κ1) is 16.1. The smallest absolute Gasteiger partial charge is 0.131 e. The van der Waals surface area contributed by atoms with Crippen molar-refractivity contribution in [3.8, 4) is 0 Å². The van der Waals surface area contributed by atoms with Gasteiger partial charge in [0.2, 0.25) is 0 Å². The maximum atomic E-state index is 14.3. The summed E-state index contributed by atoms with van der Waals surface area (Å²) < 4.78 is 27.8. The van der Waals surface area contributed by atoms with Crippen LogP contribution in [0, 0.1) is 18.6 Å². The van der Waals surface area contributed by atoms with Crippen LogP contribution in [0.5, 0.6) is 0 Å². The number of nitrogens with one attached hydrogen (secondary N) is 1. The predicted octanol–water partition coefficient (Wildman–Crippen LogP) is 4.99. The van der Waals surface area contributed by atoms with Crippen molar-refractivity contribution in [1.29, 1.82) is 0 Å². The Bertz CT molecular complexity index is 607. The van der Waals surface area contributed by atoms with Crippen molar-refractivity contribution in [2.45, 2.75) is 39.7 Å². The van der Waals surface area contributed by atoms with Crippen LogP contribution in [0.25, 0.3) is 0 Å². The van der Waals surface area contributed by atoms with Crippen LogP contribution in [0.4, 0.5) is 8.78 Å². The summed E-state index contributed by atoms with van der Waals surface area (Å²) in [5, 5.41) is 5.43. The molecule has 1 atom stereocenters. The van der Waals surface area contributed by atoms with Crippen molar-refractivity contribution >= 4 is 11.3 Å². The highest BCUT2D eigenvalue weighted by molar-refractivity contribution is 7.10. The van der Waals surface area contributed by atoms with E-state index in [2.05, 4.69) is 25.2 Å². The van der Waals surface area contributed by atoms with E-state index in [1.54, 1.807) is 24.3 Å². The van der Waals surface area contributed by atoms with Crippen molar-refractivity contribution in [2.75, 3.05) is 6.54 Å². The molecule has 1 heterocycles. The second-order valence-corrected chi connectivity index (χ2v) is 6.12. The van der Waals surface area contributed by atoms with E-state index >= 15 is 0 Å². The van der Waals surface area contributed by atoms with Crippen molar-refractivity contribution in [2.24, 2.45) is 0 Å². The third-order valence-corrected chi connectivity index (χ3v) is 4.64. The molecule has 0 radical (unpaired) electrons. The Hall–Kier alpha value is -1.26. The fourth-order valence-corrected chi connectivity index (χ4v) is 3.52. The molecule has 2 aromatic rings. The molecule has 1 aromatic carbocycles. The van der Waals surface area contributed by atoms with Gasteiger partial charge in [-0.3, -0.25) is 0 Å². The Morgan fingerprint density at radius 1 is 1.19 bits per heavy atom. The van der Waals surface area contributed by atoms with E-state index in [-0.39, 0.29) is 6.04 Å². The summed E-state index contributed by atoms with van der Waals surface area (Å²) in [5.74, 6) is -0.977. The highest BCUT2D eigenvalue weighted by atomic mass is 32.1. The highest BCUT2D eigenvalue weighted by Crippen LogP contribution is 2.32. The first-order valence-electron chi connectivity index (χ1n) is 7.33. The van der Waals surface area contributed by atoms with Gasteiger partial charge in [-0.2, -0.15) is 0 Å². The van der Waals surface area contributed by atoms with Gasteiger partial charge in [-0.15, -0.1) is 11.3 Å². The molecule has 0 saturated carbocycles. The van der Waals surface area contributed by atoms with Gasteiger partial charge in [0.05, 0.1) is 6.04 Å². The van der Waals surface area contributed by atoms with Gasteiger partial charge in [0.1, 0.15) is 11.6 Å².